The fourth-order valence-electron chi connectivity index (χ4n) is 3.96. The fourth-order valence-corrected chi connectivity index (χ4v) is 3.96. The highest BCUT2D eigenvalue weighted by Crippen LogP contribution is 2.40. The summed E-state index contributed by atoms with van der Waals surface area (Å²) in [6.07, 6.45) is 8.04. The van der Waals surface area contributed by atoms with E-state index < -0.39 is 0 Å². The van der Waals surface area contributed by atoms with E-state index in [0.29, 0.717) is 17.1 Å². The van der Waals surface area contributed by atoms with Gasteiger partial charge in [0.05, 0.1) is 0 Å². The van der Waals surface area contributed by atoms with Crippen LogP contribution in [-0.2, 0) is 9.53 Å². The van der Waals surface area contributed by atoms with Crippen molar-refractivity contribution in [3.05, 3.63) is 0 Å². The van der Waals surface area contributed by atoms with Crippen LogP contribution in [0.1, 0.15) is 44.9 Å². The van der Waals surface area contributed by atoms with E-state index in [2.05, 4.69) is 4.90 Å². The molecule has 102 valence electrons. The molecule has 0 amide bonds. The number of carbonyl (C=O) groups is 1. The molecule has 0 aromatic heterocycles. The van der Waals surface area contributed by atoms with Crippen molar-refractivity contribution in [1.29, 1.82) is 0 Å². The van der Waals surface area contributed by atoms with Crippen molar-refractivity contribution in [1.82, 2.24) is 4.90 Å². The van der Waals surface area contributed by atoms with E-state index in [0.717, 1.165) is 45.4 Å². The predicted molar refractivity (Wildman–Crippen MR) is 70.5 cm³/mol. The van der Waals surface area contributed by atoms with E-state index in [1.807, 2.05) is 0 Å². The summed E-state index contributed by atoms with van der Waals surface area (Å²) in [7, 11) is 0. The molecule has 2 aliphatic heterocycles. The van der Waals surface area contributed by atoms with Gasteiger partial charge in [-0.05, 0) is 57.0 Å². The molecule has 1 aliphatic carbocycles. The second-order valence-electron chi connectivity index (χ2n) is 6.48. The van der Waals surface area contributed by atoms with Gasteiger partial charge in [-0.15, -0.1) is 0 Å². The number of nitrogens with zero attached hydrogens (tertiary/aromatic N) is 1. The molecule has 2 saturated heterocycles. The van der Waals surface area contributed by atoms with Crippen LogP contribution in [0, 0.1) is 11.3 Å². The highest BCUT2D eigenvalue weighted by molar-refractivity contribution is 5.82. The topological polar surface area (TPSA) is 29.5 Å². The number of carbonyl (C=O) groups excluding carboxylic acids is 1. The lowest BCUT2D eigenvalue weighted by molar-refractivity contribution is -0.120. The Hall–Kier alpha value is -0.410. The molecule has 3 heteroatoms. The Kier molecular flexibility index (Phi) is 3.71. The zero-order chi connectivity index (χ0) is 12.4. The first-order valence-electron chi connectivity index (χ1n) is 7.60. The average Bonchev–Trinajstić information content (AvgIpc) is 2.96. The maximum absolute atomic E-state index is 11.6. The highest BCUT2D eigenvalue weighted by atomic mass is 16.5. The van der Waals surface area contributed by atoms with Gasteiger partial charge in [-0.25, -0.2) is 0 Å². The first-order chi connectivity index (χ1) is 8.77. The van der Waals surface area contributed by atoms with Crippen molar-refractivity contribution in [2.75, 3.05) is 32.8 Å². The van der Waals surface area contributed by atoms with Gasteiger partial charge in [-0.1, -0.05) is 0 Å². The van der Waals surface area contributed by atoms with Gasteiger partial charge in [-0.2, -0.15) is 0 Å². The number of ether oxygens (including phenoxy) is 1. The van der Waals surface area contributed by atoms with Crippen molar-refractivity contribution in [3.8, 4) is 0 Å². The molecule has 3 nitrogen and oxygen atoms in total. The van der Waals surface area contributed by atoms with Gasteiger partial charge in [-0.3, -0.25) is 4.79 Å². The molecular weight excluding hydrogens is 226 g/mol. The first kappa shape index (κ1) is 12.6. The third kappa shape index (κ3) is 2.62. The minimum Gasteiger partial charge on any atom is -0.381 e. The van der Waals surface area contributed by atoms with E-state index in [-0.39, 0.29) is 0 Å². The fraction of sp³-hybridized carbons (Fsp3) is 0.933. The molecular formula is C15H25NO2. The van der Waals surface area contributed by atoms with Gasteiger partial charge in [0.15, 0.2) is 0 Å². The third-order valence-electron chi connectivity index (χ3n) is 5.30. The van der Waals surface area contributed by atoms with Crippen LogP contribution >= 0.6 is 0 Å². The van der Waals surface area contributed by atoms with Crippen molar-refractivity contribution < 1.29 is 9.53 Å². The van der Waals surface area contributed by atoms with E-state index in [1.54, 1.807) is 0 Å². The second-order valence-corrected chi connectivity index (χ2v) is 6.48. The third-order valence-corrected chi connectivity index (χ3v) is 5.30. The summed E-state index contributed by atoms with van der Waals surface area (Å²) in [5.74, 6) is 0.909. The van der Waals surface area contributed by atoms with Gasteiger partial charge in [0.2, 0.25) is 0 Å². The van der Waals surface area contributed by atoms with Crippen LogP contribution in [0.3, 0.4) is 0 Å². The molecule has 0 N–H and O–H groups in total. The zero-order valence-electron chi connectivity index (χ0n) is 11.3. The summed E-state index contributed by atoms with van der Waals surface area (Å²) in [5, 5.41) is 0. The normalized spacial score (nSPS) is 32.4. The Morgan fingerprint density at radius 3 is 2.83 bits per heavy atom. The molecule has 3 rings (SSSR count). The average molecular weight is 251 g/mol. The van der Waals surface area contributed by atoms with Crippen LogP contribution in [0.25, 0.3) is 0 Å². The minimum absolute atomic E-state index is 0.385. The molecule has 18 heavy (non-hydrogen) atoms. The molecule has 0 aromatic carbocycles. The summed E-state index contributed by atoms with van der Waals surface area (Å²) in [6, 6.07) is 0. The van der Waals surface area contributed by atoms with E-state index in [9.17, 15) is 4.79 Å². The molecule has 0 aromatic rings. The lowest BCUT2D eigenvalue weighted by Gasteiger charge is -2.33. The number of Topliss-reactive ketones (excluding diaryl/α,β-unsaturated/α-hetero) is 1. The Morgan fingerprint density at radius 2 is 2.11 bits per heavy atom. The van der Waals surface area contributed by atoms with Gasteiger partial charge in [0.1, 0.15) is 5.78 Å². The summed E-state index contributed by atoms with van der Waals surface area (Å²) >= 11 is 0. The number of rotatable bonds is 3. The molecule has 1 saturated carbocycles. The standard InChI is InChI=1S/C15H25NO2/c17-14-3-1-2-13(14)4-8-16-9-5-15(12-16)6-10-18-11-7-15/h13H,1-12H2. The van der Waals surface area contributed by atoms with Gasteiger partial charge >= 0.3 is 0 Å². The Labute approximate surface area is 110 Å². The molecule has 3 aliphatic rings. The lowest BCUT2D eigenvalue weighted by Crippen LogP contribution is -2.33. The van der Waals surface area contributed by atoms with Crippen LogP contribution in [-0.4, -0.2) is 43.5 Å². The lowest BCUT2D eigenvalue weighted by atomic mass is 9.80. The molecule has 1 unspecified atom stereocenters. The first-order valence-corrected chi connectivity index (χ1v) is 7.60. The van der Waals surface area contributed by atoms with E-state index in [4.69, 9.17) is 4.74 Å². The van der Waals surface area contributed by atoms with Crippen LogP contribution in [0.5, 0.6) is 0 Å². The molecule has 2 heterocycles. The summed E-state index contributed by atoms with van der Waals surface area (Å²) < 4.78 is 5.48. The number of ketones is 1. The Morgan fingerprint density at radius 1 is 1.28 bits per heavy atom. The maximum atomic E-state index is 11.6. The minimum atomic E-state index is 0.385. The van der Waals surface area contributed by atoms with Crippen LogP contribution in [0.15, 0.2) is 0 Å². The van der Waals surface area contributed by atoms with Gasteiger partial charge < -0.3 is 9.64 Å². The second kappa shape index (κ2) is 5.30. The van der Waals surface area contributed by atoms with Crippen molar-refractivity contribution in [2.45, 2.75) is 44.9 Å². The summed E-state index contributed by atoms with van der Waals surface area (Å²) in [6.45, 7) is 5.53. The SMILES string of the molecule is O=C1CCCC1CCN1CCC2(CCOCC2)C1. The molecule has 0 bridgehead atoms. The maximum Gasteiger partial charge on any atom is 0.136 e. The predicted octanol–water partition coefficient (Wildman–Crippen LogP) is 2.25. The Bertz CT molecular complexity index is 310. The van der Waals surface area contributed by atoms with Crippen LogP contribution in [0.2, 0.25) is 0 Å². The number of hydrogen-bond donors (Lipinski definition) is 0. The largest absolute Gasteiger partial charge is 0.381 e. The van der Waals surface area contributed by atoms with Crippen molar-refractivity contribution in [3.63, 3.8) is 0 Å². The Balaban J connectivity index is 1.46. The molecule has 0 radical (unpaired) electrons. The monoisotopic (exact) mass is 251 g/mol. The van der Waals surface area contributed by atoms with E-state index >= 15 is 0 Å². The number of likely N-dealkylation sites (tertiary alicyclic amines) is 1. The molecule has 1 atom stereocenters. The van der Waals surface area contributed by atoms with E-state index in [1.165, 1.54) is 32.4 Å². The summed E-state index contributed by atoms with van der Waals surface area (Å²) in [5.41, 5.74) is 0.554. The van der Waals surface area contributed by atoms with Crippen molar-refractivity contribution >= 4 is 5.78 Å². The molecule has 3 fully saturated rings. The quantitative estimate of drug-likeness (QED) is 0.770. The number of hydrogen-bond acceptors (Lipinski definition) is 3. The van der Waals surface area contributed by atoms with Crippen LogP contribution < -0.4 is 0 Å². The summed E-state index contributed by atoms with van der Waals surface area (Å²) in [4.78, 5) is 14.2. The van der Waals surface area contributed by atoms with Gasteiger partial charge in [0.25, 0.3) is 0 Å². The highest BCUT2D eigenvalue weighted by Gasteiger charge is 2.39. The zero-order valence-corrected chi connectivity index (χ0v) is 11.3. The van der Waals surface area contributed by atoms with Crippen molar-refractivity contribution in [2.24, 2.45) is 11.3 Å². The van der Waals surface area contributed by atoms with Crippen LogP contribution in [0.4, 0.5) is 0 Å². The van der Waals surface area contributed by atoms with Gasteiger partial charge in [0, 0.05) is 32.1 Å². The smallest absolute Gasteiger partial charge is 0.136 e. The molecule has 1 spiro atoms.